The highest BCUT2D eigenvalue weighted by Crippen LogP contribution is 2.32. The van der Waals surface area contributed by atoms with Crippen molar-refractivity contribution >= 4 is 45.4 Å². The van der Waals surface area contributed by atoms with E-state index in [0.29, 0.717) is 18.3 Å². The Bertz CT molecular complexity index is 556. The second-order valence-electron chi connectivity index (χ2n) is 3.52. The van der Waals surface area contributed by atoms with Gasteiger partial charge in [-0.05, 0) is 12.1 Å². The number of rotatable bonds is 5. The molecule has 0 bridgehead atoms. The van der Waals surface area contributed by atoms with Crippen LogP contribution in [0, 0.1) is 0 Å². The van der Waals surface area contributed by atoms with Gasteiger partial charge in [0.1, 0.15) is 0 Å². The Morgan fingerprint density at radius 2 is 2.37 bits per heavy atom. The summed E-state index contributed by atoms with van der Waals surface area (Å²) < 4.78 is 5.56. The molecule has 0 atom stereocenters. The molecule has 0 fully saturated rings. The van der Waals surface area contributed by atoms with E-state index >= 15 is 0 Å². The van der Waals surface area contributed by atoms with Crippen molar-refractivity contribution in [3.8, 4) is 10.6 Å². The third-order valence-corrected chi connectivity index (χ3v) is 4.15. The molecule has 2 heterocycles. The van der Waals surface area contributed by atoms with Crippen LogP contribution in [0.15, 0.2) is 17.5 Å². The summed E-state index contributed by atoms with van der Waals surface area (Å²) in [5.41, 5.74) is 0.814. The summed E-state index contributed by atoms with van der Waals surface area (Å²) in [5.74, 6) is 0. The SMILES string of the molecule is COCCNC(=O)Nc1nc(-c2ccc(Cl)s2)cs1. The number of amides is 2. The number of urea groups is 1. The molecule has 0 aliphatic heterocycles. The summed E-state index contributed by atoms with van der Waals surface area (Å²) in [6.07, 6.45) is 0. The normalized spacial score (nSPS) is 10.4. The number of aromatic nitrogens is 1. The Labute approximate surface area is 123 Å². The molecule has 102 valence electrons. The molecule has 19 heavy (non-hydrogen) atoms. The molecule has 0 aromatic carbocycles. The van der Waals surface area contributed by atoms with Gasteiger partial charge in [-0.1, -0.05) is 11.6 Å². The van der Waals surface area contributed by atoms with E-state index in [1.807, 2.05) is 17.5 Å². The van der Waals surface area contributed by atoms with Crippen molar-refractivity contribution in [3.05, 3.63) is 21.8 Å². The first-order valence-corrected chi connectivity index (χ1v) is 7.51. The van der Waals surface area contributed by atoms with Crippen LogP contribution in [0.4, 0.5) is 9.93 Å². The number of nitrogens with one attached hydrogen (secondary N) is 2. The molecule has 0 unspecified atom stereocenters. The van der Waals surface area contributed by atoms with E-state index in [2.05, 4.69) is 15.6 Å². The summed E-state index contributed by atoms with van der Waals surface area (Å²) in [7, 11) is 1.58. The summed E-state index contributed by atoms with van der Waals surface area (Å²) in [6.45, 7) is 0.936. The van der Waals surface area contributed by atoms with Crippen LogP contribution in [0.1, 0.15) is 0 Å². The molecule has 2 rings (SSSR count). The molecule has 5 nitrogen and oxygen atoms in total. The molecule has 0 aliphatic rings. The number of thiazole rings is 1. The fraction of sp³-hybridized carbons (Fsp3) is 0.273. The van der Waals surface area contributed by atoms with E-state index in [4.69, 9.17) is 16.3 Å². The van der Waals surface area contributed by atoms with Crippen molar-refractivity contribution in [2.24, 2.45) is 0 Å². The summed E-state index contributed by atoms with van der Waals surface area (Å²) in [4.78, 5) is 16.8. The monoisotopic (exact) mass is 317 g/mol. The number of hydrogen-bond acceptors (Lipinski definition) is 5. The molecule has 2 amide bonds. The average molecular weight is 318 g/mol. The number of carbonyl (C=O) groups is 1. The van der Waals surface area contributed by atoms with Gasteiger partial charge in [0.25, 0.3) is 0 Å². The first kappa shape index (κ1) is 14.3. The lowest BCUT2D eigenvalue weighted by Gasteiger charge is -2.03. The lowest BCUT2D eigenvalue weighted by molar-refractivity contribution is 0.198. The number of methoxy groups -OCH3 is 1. The molecule has 0 saturated carbocycles. The van der Waals surface area contributed by atoms with Crippen LogP contribution in [0.5, 0.6) is 0 Å². The summed E-state index contributed by atoms with van der Waals surface area (Å²) in [6, 6.07) is 3.44. The minimum Gasteiger partial charge on any atom is -0.383 e. The van der Waals surface area contributed by atoms with E-state index in [1.165, 1.54) is 22.7 Å². The van der Waals surface area contributed by atoms with Gasteiger partial charge in [0.05, 0.1) is 21.5 Å². The first-order chi connectivity index (χ1) is 9.19. The minimum atomic E-state index is -0.290. The van der Waals surface area contributed by atoms with Gasteiger partial charge >= 0.3 is 6.03 Å². The van der Waals surface area contributed by atoms with Gasteiger partial charge in [-0.25, -0.2) is 9.78 Å². The third-order valence-electron chi connectivity index (χ3n) is 2.14. The van der Waals surface area contributed by atoms with Crippen LogP contribution < -0.4 is 10.6 Å². The lowest BCUT2D eigenvalue weighted by atomic mass is 10.4. The molecule has 0 aliphatic carbocycles. The number of ether oxygens (including phenoxy) is 1. The maximum absolute atomic E-state index is 11.5. The summed E-state index contributed by atoms with van der Waals surface area (Å²) >= 11 is 8.70. The molecule has 2 aromatic rings. The standard InChI is InChI=1S/C11H12ClN3O2S2/c1-17-5-4-13-10(16)15-11-14-7(6-18-11)8-2-3-9(12)19-8/h2-3,6H,4-5H2,1H3,(H2,13,14,15,16). The van der Waals surface area contributed by atoms with Crippen LogP contribution in [-0.4, -0.2) is 31.3 Å². The average Bonchev–Trinajstić information content (AvgIpc) is 2.98. The fourth-order valence-electron chi connectivity index (χ4n) is 1.30. The molecule has 8 heteroatoms. The first-order valence-electron chi connectivity index (χ1n) is 5.44. The van der Waals surface area contributed by atoms with Gasteiger partial charge in [0.2, 0.25) is 0 Å². The maximum Gasteiger partial charge on any atom is 0.321 e. The zero-order valence-electron chi connectivity index (χ0n) is 10.1. The zero-order valence-corrected chi connectivity index (χ0v) is 12.5. The van der Waals surface area contributed by atoms with Crippen LogP contribution in [-0.2, 0) is 4.74 Å². The smallest absolute Gasteiger partial charge is 0.321 e. The highest BCUT2D eigenvalue weighted by Gasteiger charge is 2.09. The van der Waals surface area contributed by atoms with E-state index in [9.17, 15) is 4.79 Å². The topological polar surface area (TPSA) is 63.2 Å². The molecular formula is C11H12ClN3O2S2. The zero-order chi connectivity index (χ0) is 13.7. The van der Waals surface area contributed by atoms with E-state index < -0.39 is 0 Å². The van der Waals surface area contributed by atoms with Crippen molar-refractivity contribution in [1.29, 1.82) is 0 Å². The van der Waals surface area contributed by atoms with Crippen LogP contribution in [0.2, 0.25) is 4.34 Å². The van der Waals surface area contributed by atoms with Gasteiger partial charge < -0.3 is 10.1 Å². The number of nitrogens with zero attached hydrogens (tertiary/aromatic N) is 1. The highest BCUT2D eigenvalue weighted by atomic mass is 35.5. The van der Waals surface area contributed by atoms with Gasteiger partial charge in [0.15, 0.2) is 5.13 Å². The minimum absolute atomic E-state index is 0.290. The summed E-state index contributed by atoms with van der Waals surface area (Å²) in [5, 5.41) is 7.76. The van der Waals surface area contributed by atoms with E-state index in [-0.39, 0.29) is 6.03 Å². The maximum atomic E-state index is 11.5. The number of carbonyl (C=O) groups excluding carboxylic acids is 1. The Hall–Kier alpha value is -1.15. The second kappa shape index (κ2) is 6.85. The molecule has 2 N–H and O–H groups in total. The number of thiophene rings is 1. The third kappa shape index (κ3) is 4.17. The van der Waals surface area contributed by atoms with Crippen LogP contribution >= 0.6 is 34.3 Å². The van der Waals surface area contributed by atoms with Crippen LogP contribution in [0.25, 0.3) is 10.6 Å². The van der Waals surface area contributed by atoms with E-state index in [1.54, 1.807) is 7.11 Å². The predicted molar refractivity (Wildman–Crippen MR) is 79.3 cm³/mol. The second-order valence-corrected chi connectivity index (χ2v) is 6.09. The quantitative estimate of drug-likeness (QED) is 0.832. The largest absolute Gasteiger partial charge is 0.383 e. The van der Waals surface area contributed by atoms with Crippen molar-refractivity contribution in [3.63, 3.8) is 0 Å². The molecular weight excluding hydrogens is 306 g/mol. The Morgan fingerprint density at radius 1 is 1.53 bits per heavy atom. The van der Waals surface area contributed by atoms with E-state index in [0.717, 1.165) is 14.9 Å². The molecule has 2 aromatic heterocycles. The molecule has 0 spiro atoms. The van der Waals surface area contributed by atoms with Crippen molar-refractivity contribution in [2.45, 2.75) is 0 Å². The van der Waals surface area contributed by atoms with Crippen molar-refractivity contribution in [2.75, 3.05) is 25.6 Å². The lowest BCUT2D eigenvalue weighted by Crippen LogP contribution is -2.31. The number of anilines is 1. The van der Waals surface area contributed by atoms with Crippen molar-refractivity contribution < 1.29 is 9.53 Å². The van der Waals surface area contributed by atoms with Gasteiger partial charge in [-0.3, -0.25) is 5.32 Å². The molecule has 0 saturated heterocycles. The highest BCUT2D eigenvalue weighted by molar-refractivity contribution is 7.20. The van der Waals surface area contributed by atoms with Gasteiger partial charge in [-0.15, -0.1) is 22.7 Å². The van der Waals surface area contributed by atoms with Gasteiger partial charge in [0, 0.05) is 19.0 Å². The number of hydrogen-bond donors (Lipinski definition) is 2. The van der Waals surface area contributed by atoms with Gasteiger partial charge in [-0.2, -0.15) is 0 Å². The van der Waals surface area contributed by atoms with Crippen LogP contribution in [0.3, 0.4) is 0 Å². The Morgan fingerprint density at radius 3 is 3.05 bits per heavy atom. The fourth-order valence-corrected chi connectivity index (χ4v) is 3.09. The van der Waals surface area contributed by atoms with Crippen molar-refractivity contribution in [1.82, 2.24) is 10.3 Å². The predicted octanol–water partition coefficient (Wildman–Crippen LogP) is 3.29. The Kier molecular flexibility index (Phi) is 5.15. The molecule has 0 radical (unpaired) electrons. The number of halogens is 1. The Balaban J connectivity index is 1.92.